The van der Waals surface area contributed by atoms with Crippen molar-refractivity contribution >= 4 is 17.9 Å². The lowest BCUT2D eigenvalue weighted by Gasteiger charge is -2.18. The van der Waals surface area contributed by atoms with Crippen molar-refractivity contribution < 1.29 is 28.6 Å². The van der Waals surface area contributed by atoms with E-state index in [1.165, 1.54) is 64.2 Å². The van der Waals surface area contributed by atoms with Crippen molar-refractivity contribution in [2.45, 2.75) is 200 Å². The summed E-state index contributed by atoms with van der Waals surface area (Å²) in [6.45, 7) is 6.37. The van der Waals surface area contributed by atoms with Crippen molar-refractivity contribution in [3.8, 4) is 0 Å². The maximum Gasteiger partial charge on any atom is 0.306 e. The summed E-state index contributed by atoms with van der Waals surface area (Å²) in [7, 11) is 0. The fourth-order valence-corrected chi connectivity index (χ4v) is 5.49. The Labute approximate surface area is 307 Å². The van der Waals surface area contributed by atoms with Gasteiger partial charge in [-0.15, -0.1) is 0 Å². The molecule has 1 unspecified atom stereocenters. The number of hydrogen-bond donors (Lipinski definition) is 0. The molecule has 0 aromatic heterocycles. The number of rotatable bonds is 36. The normalized spacial score (nSPS) is 12.5. The average molecular weight is 701 g/mol. The summed E-state index contributed by atoms with van der Waals surface area (Å²) in [4.78, 5) is 37.3. The van der Waals surface area contributed by atoms with Crippen LogP contribution in [0.1, 0.15) is 194 Å². The Balaban J connectivity index is 4.34. The molecule has 0 heterocycles. The standard InChI is InChI=1S/C44H76O6/c1-4-7-10-13-15-17-19-21-22-23-25-26-28-31-34-37-43(46)49-40-41(39-48-42(45)36-33-30-12-9-6-3)50-44(47)38-35-32-29-27-24-20-18-16-14-11-8-5-2/h7,10,15,17,21-22,25-26,41H,4-6,8-9,11-14,16,18-20,23-24,27-40H2,1-3H3/b10-7-,17-15-,22-21-,26-25-. The molecule has 0 aromatic rings. The molecular weight excluding hydrogens is 624 g/mol. The van der Waals surface area contributed by atoms with Gasteiger partial charge in [0.15, 0.2) is 6.10 Å². The van der Waals surface area contributed by atoms with Crippen LogP contribution in [0.2, 0.25) is 0 Å². The highest BCUT2D eigenvalue weighted by atomic mass is 16.6. The number of esters is 3. The molecule has 1 atom stereocenters. The molecule has 6 heteroatoms. The third-order valence-corrected chi connectivity index (χ3v) is 8.60. The molecule has 0 aliphatic heterocycles. The maximum absolute atomic E-state index is 12.6. The van der Waals surface area contributed by atoms with Crippen LogP contribution in [0.15, 0.2) is 48.6 Å². The minimum Gasteiger partial charge on any atom is -0.462 e. The Hall–Kier alpha value is -2.63. The highest BCUT2D eigenvalue weighted by Crippen LogP contribution is 2.14. The van der Waals surface area contributed by atoms with E-state index in [9.17, 15) is 14.4 Å². The zero-order valence-corrected chi connectivity index (χ0v) is 32.7. The third-order valence-electron chi connectivity index (χ3n) is 8.60. The highest BCUT2D eigenvalue weighted by molar-refractivity contribution is 5.71. The summed E-state index contributed by atoms with van der Waals surface area (Å²) in [5.41, 5.74) is 0. The van der Waals surface area contributed by atoms with Gasteiger partial charge in [0.25, 0.3) is 0 Å². The summed E-state index contributed by atoms with van der Waals surface area (Å²) in [5.74, 6) is -0.947. The second-order valence-electron chi connectivity index (χ2n) is 13.5. The summed E-state index contributed by atoms with van der Waals surface area (Å²) in [5, 5.41) is 0. The molecule has 0 radical (unpaired) electrons. The molecule has 50 heavy (non-hydrogen) atoms. The van der Waals surface area contributed by atoms with Gasteiger partial charge in [-0.1, -0.05) is 166 Å². The first kappa shape index (κ1) is 47.4. The van der Waals surface area contributed by atoms with Crippen LogP contribution in [-0.2, 0) is 28.6 Å². The lowest BCUT2D eigenvalue weighted by molar-refractivity contribution is -0.167. The molecule has 0 saturated carbocycles. The van der Waals surface area contributed by atoms with Crippen LogP contribution < -0.4 is 0 Å². The van der Waals surface area contributed by atoms with Gasteiger partial charge in [-0.3, -0.25) is 14.4 Å². The van der Waals surface area contributed by atoms with Gasteiger partial charge in [0, 0.05) is 19.3 Å². The van der Waals surface area contributed by atoms with Gasteiger partial charge in [-0.05, 0) is 57.8 Å². The number of allylic oxidation sites excluding steroid dienone is 8. The van der Waals surface area contributed by atoms with Gasteiger partial charge in [-0.25, -0.2) is 0 Å². The molecule has 6 nitrogen and oxygen atoms in total. The van der Waals surface area contributed by atoms with E-state index < -0.39 is 6.10 Å². The molecule has 0 rings (SSSR count). The molecule has 0 saturated heterocycles. The molecule has 0 amide bonds. The Bertz CT molecular complexity index is 902. The SMILES string of the molecule is CC/C=C\C/C=C\C/C=C\C/C=C\CCCCC(=O)OCC(COC(=O)CCCCCCC)OC(=O)CCCCCCCCCCCCCC. The largest absolute Gasteiger partial charge is 0.462 e. The smallest absolute Gasteiger partial charge is 0.306 e. The van der Waals surface area contributed by atoms with Crippen LogP contribution >= 0.6 is 0 Å². The van der Waals surface area contributed by atoms with Crippen LogP contribution in [0.25, 0.3) is 0 Å². The van der Waals surface area contributed by atoms with Crippen LogP contribution in [0.3, 0.4) is 0 Å². The fourth-order valence-electron chi connectivity index (χ4n) is 5.49. The molecule has 0 N–H and O–H groups in total. The van der Waals surface area contributed by atoms with Crippen molar-refractivity contribution in [3.63, 3.8) is 0 Å². The van der Waals surface area contributed by atoms with E-state index in [1.54, 1.807) is 0 Å². The van der Waals surface area contributed by atoms with Crippen LogP contribution in [0.4, 0.5) is 0 Å². The summed E-state index contributed by atoms with van der Waals surface area (Å²) in [6, 6.07) is 0. The van der Waals surface area contributed by atoms with Crippen molar-refractivity contribution in [2.75, 3.05) is 13.2 Å². The Kier molecular flexibility index (Phi) is 37.1. The maximum atomic E-state index is 12.6. The molecular formula is C44H76O6. The first-order valence-electron chi connectivity index (χ1n) is 20.6. The average Bonchev–Trinajstić information content (AvgIpc) is 3.11. The molecule has 0 spiro atoms. The molecule has 0 aliphatic carbocycles. The first-order valence-corrected chi connectivity index (χ1v) is 20.6. The van der Waals surface area contributed by atoms with Gasteiger partial charge in [-0.2, -0.15) is 0 Å². The predicted octanol–water partition coefficient (Wildman–Crippen LogP) is 12.8. The molecule has 288 valence electrons. The van der Waals surface area contributed by atoms with Crippen molar-refractivity contribution in [1.29, 1.82) is 0 Å². The van der Waals surface area contributed by atoms with Crippen molar-refractivity contribution in [3.05, 3.63) is 48.6 Å². The number of carbonyl (C=O) groups is 3. The van der Waals surface area contributed by atoms with E-state index >= 15 is 0 Å². The number of carbonyl (C=O) groups excluding carboxylic acids is 3. The lowest BCUT2D eigenvalue weighted by Crippen LogP contribution is -2.30. The predicted molar refractivity (Wildman–Crippen MR) is 210 cm³/mol. The summed E-state index contributed by atoms with van der Waals surface area (Å²) >= 11 is 0. The van der Waals surface area contributed by atoms with Crippen LogP contribution in [-0.4, -0.2) is 37.2 Å². The topological polar surface area (TPSA) is 78.9 Å². The fraction of sp³-hybridized carbons (Fsp3) is 0.750. The second kappa shape index (κ2) is 39.2. The molecule has 0 bridgehead atoms. The summed E-state index contributed by atoms with van der Waals surface area (Å²) < 4.78 is 16.5. The minimum atomic E-state index is -0.780. The molecule has 0 fully saturated rings. The zero-order chi connectivity index (χ0) is 36.6. The van der Waals surface area contributed by atoms with E-state index in [4.69, 9.17) is 14.2 Å². The second-order valence-corrected chi connectivity index (χ2v) is 13.5. The highest BCUT2D eigenvalue weighted by Gasteiger charge is 2.19. The van der Waals surface area contributed by atoms with Gasteiger partial charge in [0.1, 0.15) is 13.2 Å². The van der Waals surface area contributed by atoms with E-state index in [1.807, 2.05) is 0 Å². The third kappa shape index (κ3) is 36.6. The lowest BCUT2D eigenvalue weighted by atomic mass is 10.0. The van der Waals surface area contributed by atoms with E-state index in [2.05, 4.69) is 69.4 Å². The van der Waals surface area contributed by atoms with Gasteiger partial charge in [0.2, 0.25) is 0 Å². The van der Waals surface area contributed by atoms with Crippen molar-refractivity contribution in [1.82, 2.24) is 0 Å². The molecule has 0 aromatic carbocycles. The van der Waals surface area contributed by atoms with Crippen molar-refractivity contribution in [2.24, 2.45) is 0 Å². The number of hydrogen-bond acceptors (Lipinski definition) is 6. The van der Waals surface area contributed by atoms with E-state index in [0.717, 1.165) is 89.9 Å². The zero-order valence-electron chi connectivity index (χ0n) is 32.7. The monoisotopic (exact) mass is 701 g/mol. The number of unbranched alkanes of at least 4 members (excludes halogenated alkanes) is 17. The van der Waals surface area contributed by atoms with Gasteiger partial charge in [0.05, 0.1) is 0 Å². The Morgan fingerprint density at radius 3 is 1.22 bits per heavy atom. The van der Waals surface area contributed by atoms with Gasteiger partial charge < -0.3 is 14.2 Å². The minimum absolute atomic E-state index is 0.0862. The van der Waals surface area contributed by atoms with Crippen LogP contribution in [0.5, 0.6) is 0 Å². The number of ether oxygens (including phenoxy) is 3. The van der Waals surface area contributed by atoms with Crippen LogP contribution in [0, 0.1) is 0 Å². The Morgan fingerprint density at radius 2 is 0.780 bits per heavy atom. The summed E-state index contributed by atoms with van der Waals surface area (Å²) in [6.07, 6.45) is 44.1. The van der Waals surface area contributed by atoms with E-state index in [-0.39, 0.29) is 31.1 Å². The quantitative estimate of drug-likeness (QED) is 0.0280. The molecule has 0 aliphatic rings. The van der Waals surface area contributed by atoms with Gasteiger partial charge >= 0.3 is 17.9 Å². The first-order chi connectivity index (χ1) is 24.5. The van der Waals surface area contributed by atoms with E-state index in [0.29, 0.717) is 19.3 Å². The Morgan fingerprint density at radius 1 is 0.420 bits per heavy atom.